The minimum absolute atomic E-state index is 0.000245. The Kier molecular flexibility index (Phi) is 6.12. The normalized spacial score (nSPS) is 27.1. The van der Waals surface area contributed by atoms with Gasteiger partial charge in [-0.05, 0) is 49.3 Å². The number of nitrogens with zero attached hydrogens (tertiary/aromatic N) is 1. The summed E-state index contributed by atoms with van der Waals surface area (Å²) in [5, 5.41) is 10.1. The molecule has 0 saturated carbocycles. The van der Waals surface area contributed by atoms with Crippen LogP contribution >= 0.6 is 0 Å². The summed E-state index contributed by atoms with van der Waals surface area (Å²) in [5.74, 6) is -1.39. The van der Waals surface area contributed by atoms with E-state index in [1.165, 1.54) is 13.2 Å². The van der Waals surface area contributed by atoms with Gasteiger partial charge in [0.25, 0.3) is 0 Å². The van der Waals surface area contributed by atoms with Crippen LogP contribution in [-0.2, 0) is 19.1 Å². The number of phenolic OH excluding ortho intramolecular Hbond substituents is 1. The summed E-state index contributed by atoms with van der Waals surface area (Å²) in [6.45, 7) is 6.81. The molecule has 1 N–H and O–H groups in total. The zero-order valence-electron chi connectivity index (χ0n) is 19.1. The summed E-state index contributed by atoms with van der Waals surface area (Å²) < 4.78 is 16.5. The van der Waals surface area contributed by atoms with Gasteiger partial charge in [-0.15, -0.1) is 0 Å². The first-order valence-electron chi connectivity index (χ1n) is 11.2. The summed E-state index contributed by atoms with van der Waals surface area (Å²) in [5.41, 5.74) is 2.46. The largest absolute Gasteiger partial charge is 0.504 e. The van der Waals surface area contributed by atoms with Gasteiger partial charge in [-0.25, -0.2) is 0 Å². The van der Waals surface area contributed by atoms with Crippen molar-refractivity contribution in [3.8, 4) is 11.5 Å². The average Bonchev–Trinajstić information content (AvgIpc) is 3.24. The van der Waals surface area contributed by atoms with E-state index in [2.05, 4.69) is 13.8 Å². The highest BCUT2D eigenvalue weighted by Crippen LogP contribution is 2.48. The van der Waals surface area contributed by atoms with Gasteiger partial charge in [-0.3, -0.25) is 14.6 Å². The summed E-state index contributed by atoms with van der Waals surface area (Å²) in [7, 11) is 1.47. The van der Waals surface area contributed by atoms with Gasteiger partial charge in [0.05, 0.1) is 13.2 Å². The number of phenols is 1. The van der Waals surface area contributed by atoms with Gasteiger partial charge in [-0.1, -0.05) is 19.9 Å². The second-order valence-corrected chi connectivity index (χ2v) is 9.71. The van der Waals surface area contributed by atoms with Crippen molar-refractivity contribution in [2.24, 2.45) is 16.3 Å². The number of rotatable bonds is 5. The van der Waals surface area contributed by atoms with E-state index >= 15 is 0 Å². The van der Waals surface area contributed by atoms with Crippen molar-refractivity contribution in [1.82, 2.24) is 0 Å². The molecule has 1 fully saturated rings. The van der Waals surface area contributed by atoms with E-state index in [4.69, 9.17) is 19.2 Å². The molecule has 1 aromatic rings. The van der Waals surface area contributed by atoms with E-state index < -0.39 is 17.8 Å². The number of aliphatic imine (C=N–C) groups is 1. The standard InChI is InChI=1S/C25H31NO6/c1-14-21(24(29)32-13-16-6-5-9-31-16)22(15-7-8-18(27)20(10-15)30-4)23-17(26-14)11-25(2,3)12-19(23)28/h7-8,10,16,21-22,27H,5-6,9,11-13H2,1-4H3/t16-,21?,22+/m1/s1. The third kappa shape index (κ3) is 4.31. The van der Waals surface area contributed by atoms with Gasteiger partial charge in [-0.2, -0.15) is 0 Å². The van der Waals surface area contributed by atoms with Crippen LogP contribution in [0.2, 0.25) is 0 Å². The molecule has 1 aliphatic carbocycles. The van der Waals surface area contributed by atoms with Crippen LogP contribution in [0.15, 0.2) is 34.5 Å². The molecular formula is C25H31NO6. The zero-order chi connectivity index (χ0) is 23.0. The summed E-state index contributed by atoms with van der Waals surface area (Å²) in [6.07, 6.45) is 2.80. The highest BCUT2D eigenvalue weighted by atomic mass is 16.6. The van der Waals surface area contributed by atoms with Crippen LogP contribution in [0.25, 0.3) is 0 Å². The van der Waals surface area contributed by atoms with E-state index in [-0.39, 0.29) is 29.7 Å². The Morgan fingerprint density at radius 2 is 2.09 bits per heavy atom. The van der Waals surface area contributed by atoms with Crippen LogP contribution in [-0.4, -0.2) is 49.0 Å². The average molecular weight is 442 g/mol. The first-order chi connectivity index (χ1) is 15.2. The Morgan fingerprint density at radius 3 is 2.78 bits per heavy atom. The Hall–Kier alpha value is -2.67. The molecular weight excluding hydrogens is 410 g/mol. The van der Waals surface area contributed by atoms with Crippen molar-refractivity contribution in [3.63, 3.8) is 0 Å². The molecule has 32 heavy (non-hydrogen) atoms. The number of aromatic hydroxyl groups is 1. The van der Waals surface area contributed by atoms with E-state index in [1.807, 2.05) is 6.92 Å². The number of Topliss-reactive ketones (excluding diaryl/α,β-unsaturated/α-hetero) is 1. The smallest absolute Gasteiger partial charge is 0.315 e. The molecule has 0 amide bonds. The van der Waals surface area contributed by atoms with Crippen molar-refractivity contribution < 1.29 is 28.9 Å². The molecule has 4 rings (SSSR count). The molecule has 1 unspecified atom stereocenters. The Bertz CT molecular complexity index is 986. The fraction of sp³-hybridized carbons (Fsp3) is 0.560. The molecule has 0 aromatic heterocycles. The van der Waals surface area contributed by atoms with Crippen molar-refractivity contribution in [1.29, 1.82) is 0 Å². The summed E-state index contributed by atoms with van der Waals surface area (Å²) in [6, 6.07) is 4.96. The van der Waals surface area contributed by atoms with Gasteiger partial charge in [0.1, 0.15) is 12.5 Å². The zero-order valence-corrected chi connectivity index (χ0v) is 19.1. The van der Waals surface area contributed by atoms with E-state index in [0.29, 0.717) is 42.0 Å². The first-order valence-corrected chi connectivity index (χ1v) is 11.2. The van der Waals surface area contributed by atoms with E-state index in [9.17, 15) is 14.7 Å². The predicted molar refractivity (Wildman–Crippen MR) is 119 cm³/mol. The summed E-state index contributed by atoms with van der Waals surface area (Å²) in [4.78, 5) is 31.3. The molecule has 7 heteroatoms. The molecule has 172 valence electrons. The first kappa shape index (κ1) is 22.5. The molecule has 0 spiro atoms. The van der Waals surface area contributed by atoms with Crippen molar-refractivity contribution in [2.75, 3.05) is 20.3 Å². The molecule has 3 aliphatic rings. The van der Waals surface area contributed by atoms with Gasteiger partial charge in [0.2, 0.25) is 0 Å². The van der Waals surface area contributed by atoms with E-state index in [1.54, 1.807) is 12.1 Å². The van der Waals surface area contributed by atoms with Crippen LogP contribution in [0.3, 0.4) is 0 Å². The highest BCUT2D eigenvalue weighted by molar-refractivity contribution is 6.09. The quantitative estimate of drug-likeness (QED) is 0.696. The number of allylic oxidation sites excluding steroid dienone is 2. The van der Waals surface area contributed by atoms with Gasteiger partial charge < -0.3 is 19.3 Å². The molecule has 0 bridgehead atoms. The Labute approximate surface area is 188 Å². The Balaban J connectivity index is 1.74. The summed E-state index contributed by atoms with van der Waals surface area (Å²) >= 11 is 0. The number of ether oxygens (including phenoxy) is 3. The van der Waals surface area contributed by atoms with Crippen molar-refractivity contribution in [2.45, 2.75) is 58.5 Å². The van der Waals surface area contributed by atoms with Crippen LogP contribution < -0.4 is 4.74 Å². The van der Waals surface area contributed by atoms with E-state index in [0.717, 1.165) is 18.5 Å². The molecule has 1 saturated heterocycles. The number of carbonyl (C=O) groups is 2. The maximum absolute atomic E-state index is 13.3. The molecule has 2 aliphatic heterocycles. The second-order valence-electron chi connectivity index (χ2n) is 9.71. The number of methoxy groups -OCH3 is 1. The lowest BCUT2D eigenvalue weighted by atomic mass is 9.67. The minimum atomic E-state index is -0.727. The number of ketones is 1. The van der Waals surface area contributed by atoms with Crippen molar-refractivity contribution >= 4 is 17.5 Å². The predicted octanol–water partition coefficient (Wildman–Crippen LogP) is 3.94. The number of hydrogen-bond acceptors (Lipinski definition) is 7. The number of benzene rings is 1. The fourth-order valence-corrected chi connectivity index (χ4v) is 5.04. The van der Waals surface area contributed by atoms with Gasteiger partial charge in [0.15, 0.2) is 17.3 Å². The van der Waals surface area contributed by atoms with Crippen LogP contribution in [0, 0.1) is 11.3 Å². The van der Waals surface area contributed by atoms with Crippen LogP contribution in [0.1, 0.15) is 57.9 Å². The molecule has 2 heterocycles. The SMILES string of the molecule is COc1cc([C@@H]2C3=C(CC(C)(C)CC3=O)N=C(C)C2C(=O)OC[C@H]2CCCO2)ccc1O. The number of esters is 1. The fourth-order valence-electron chi connectivity index (χ4n) is 5.04. The monoisotopic (exact) mass is 441 g/mol. The lowest BCUT2D eigenvalue weighted by Gasteiger charge is -2.39. The highest BCUT2D eigenvalue weighted by Gasteiger charge is 2.46. The molecule has 3 atom stereocenters. The maximum atomic E-state index is 13.3. The minimum Gasteiger partial charge on any atom is -0.504 e. The lowest BCUT2D eigenvalue weighted by Crippen LogP contribution is -2.40. The second kappa shape index (κ2) is 8.70. The molecule has 0 radical (unpaired) electrons. The molecule has 1 aromatic carbocycles. The van der Waals surface area contributed by atoms with Crippen LogP contribution in [0.4, 0.5) is 0 Å². The topological polar surface area (TPSA) is 94.4 Å². The maximum Gasteiger partial charge on any atom is 0.315 e. The number of carbonyl (C=O) groups excluding carboxylic acids is 2. The van der Waals surface area contributed by atoms with Gasteiger partial charge >= 0.3 is 5.97 Å². The van der Waals surface area contributed by atoms with Gasteiger partial charge in [0, 0.05) is 35.9 Å². The lowest BCUT2D eigenvalue weighted by molar-refractivity contribution is -0.149. The van der Waals surface area contributed by atoms with Crippen molar-refractivity contribution in [3.05, 3.63) is 35.0 Å². The third-order valence-electron chi connectivity index (χ3n) is 6.55. The third-order valence-corrected chi connectivity index (χ3v) is 6.55. The Morgan fingerprint density at radius 1 is 1.31 bits per heavy atom. The number of hydrogen-bond donors (Lipinski definition) is 1. The molecule has 7 nitrogen and oxygen atoms in total. The van der Waals surface area contributed by atoms with Crippen LogP contribution in [0.5, 0.6) is 11.5 Å².